The van der Waals surface area contributed by atoms with E-state index in [9.17, 15) is 0 Å². The highest BCUT2D eigenvalue weighted by Gasteiger charge is 2.17. The van der Waals surface area contributed by atoms with Gasteiger partial charge in [-0.05, 0) is 29.7 Å². The maximum atomic E-state index is 5.08. The molecule has 7 rings (SSSR count). The van der Waals surface area contributed by atoms with Crippen molar-refractivity contribution in [3.8, 4) is 34.2 Å². The molecule has 0 aliphatic heterocycles. The molecule has 4 aromatic carbocycles. The van der Waals surface area contributed by atoms with Crippen LogP contribution in [0.3, 0.4) is 0 Å². The molecule has 5 nitrogen and oxygen atoms in total. The highest BCUT2D eigenvalue weighted by atomic mass is 15.0. The standard InChI is InChI=1S/C34H23N5/c1-3-25-26-17-11-12-18-27(26)34-35-28-21-24(19-20-30(28)39(34)29(25)4-2)33-37-31(22-13-7-5-8-14-22)36-32(38-33)23-15-9-6-10-16-23/h3-21H,1-2H2. The van der Waals surface area contributed by atoms with Gasteiger partial charge in [0.2, 0.25) is 0 Å². The topological polar surface area (TPSA) is 56.0 Å². The Morgan fingerprint density at radius 1 is 0.538 bits per heavy atom. The third-order valence-electron chi connectivity index (χ3n) is 6.98. The number of rotatable bonds is 5. The van der Waals surface area contributed by atoms with Crippen molar-refractivity contribution >= 4 is 39.6 Å². The van der Waals surface area contributed by atoms with Gasteiger partial charge >= 0.3 is 0 Å². The Balaban J connectivity index is 1.48. The second-order valence-electron chi connectivity index (χ2n) is 9.27. The summed E-state index contributed by atoms with van der Waals surface area (Å²) in [7, 11) is 0. The first kappa shape index (κ1) is 22.8. The largest absolute Gasteiger partial charge is 0.292 e. The van der Waals surface area contributed by atoms with Gasteiger partial charge in [-0.3, -0.25) is 4.40 Å². The van der Waals surface area contributed by atoms with Crippen LogP contribution in [0.4, 0.5) is 0 Å². The normalized spacial score (nSPS) is 11.3. The first-order valence-electron chi connectivity index (χ1n) is 12.7. The molecule has 0 aliphatic rings. The van der Waals surface area contributed by atoms with Crippen molar-refractivity contribution in [1.82, 2.24) is 24.3 Å². The molecule has 184 valence electrons. The van der Waals surface area contributed by atoms with Gasteiger partial charge in [0.05, 0.1) is 16.7 Å². The molecule has 0 radical (unpaired) electrons. The highest BCUT2D eigenvalue weighted by molar-refractivity contribution is 6.04. The molecule has 0 unspecified atom stereocenters. The fourth-order valence-corrected chi connectivity index (χ4v) is 5.17. The third kappa shape index (κ3) is 3.71. The number of aromatic nitrogens is 5. The first-order chi connectivity index (χ1) is 19.2. The third-order valence-corrected chi connectivity index (χ3v) is 6.98. The molecule has 5 heteroatoms. The zero-order valence-corrected chi connectivity index (χ0v) is 21.1. The Morgan fingerprint density at radius 3 is 1.69 bits per heavy atom. The van der Waals surface area contributed by atoms with Gasteiger partial charge in [-0.1, -0.05) is 104 Å². The predicted molar refractivity (Wildman–Crippen MR) is 160 cm³/mol. The zero-order chi connectivity index (χ0) is 26.3. The lowest BCUT2D eigenvalue weighted by molar-refractivity contribution is 1.07. The minimum atomic E-state index is 0.599. The predicted octanol–water partition coefficient (Wildman–Crippen LogP) is 8.11. The van der Waals surface area contributed by atoms with Gasteiger partial charge in [0.1, 0.15) is 5.65 Å². The molecule has 3 heterocycles. The van der Waals surface area contributed by atoms with E-state index >= 15 is 0 Å². The summed E-state index contributed by atoms with van der Waals surface area (Å²) in [6.07, 6.45) is 3.76. The quantitative estimate of drug-likeness (QED) is 0.239. The van der Waals surface area contributed by atoms with E-state index in [1.165, 1.54) is 0 Å². The van der Waals surface area contributed by atoms with Crippen molar-refractivity contribution < 1.29 is 0 Å². The number of hydrogen-bond donors (Lipinski definition) is 0. The van der Waals surface area contributed by atoms with Crippen LogP contribution in [0.2, 0.25) is 0 Å². The lowest BCUT2D eigenvalue weighted by Crippen LogP contribution is -2.00. The van der Waals surface area contributed by atoms with Crippen molar-refractivity contribution in [2.75, 3.05) is 0 Å². The monoisotopic (exact) mass is 501 g/mol. The van der Waals surface area contributed by atoms with Crippen LogP contribution in [0.15, 0.2) is 116 Å². The number of pyridine rings is 1. The Labute approximate surface area is 225 Å². The summed E-state index contributed by atoms with van der Waals surface area (Å²) >= 11 is 0. The van der Waals surface area contributed by atoms with Crippen LogP contribution in [-0.2, 0) is 0 Å². The number of benzene rings is 4. The highest BCUT2D eigenvalue weighted by Crippen LogP contribution is 2.33. The maximum Gasteiger partial charge on any atom is 0.164 e. The molecule has 39 heavy (non-hydrogen) atoms. The van der Waals surface area contributed by atoms with E-state index in [1.54, 1.807) is 0 Å². The van der Waals surface area contributed by atoms with Gasteiger partial charge < -0.3 is 0 Å². The van der Waals surface area contributed by atoms with Crippen LogP contribution in [0, 0.1) is 0 Å². The van der Waals surface area contributed by atoms with Gasteiger partial charge in [-0.25, -0.2) is 19.9 Å². The fraction of sp³-hybridized carbons (Fsp3) is 0. The Bertz CT molecular complexity index is 1980. The average molecular weight is 502 g/mol. The van der Waals surface area contributed by atoms with Crippen LogP contribution < -0.4 is 0 Å². The summed E-state index contributed by atoms with van der Waals surface area (Å²) in [5, 5.41) is 2.16. The van der Waals surface area contributed by atoms with Crippen LogP contribution in [0.1, 0.15) is 11.3 Å². The summed E-state index contributed by atoms with van der Waals surface area (Å²) in [4.78, 5) is 19.7. The van der Waals surface area contributed by atoms with Crippen LogP contribution in [0.25, 0.3) is 73.8 Å². The zero-order valence-electron chi connectivity index (χ0n) is 21.1. The van der Waals surface area contributed by atoms with Gasteiger partial charge in [0.25, 0.3) is 0 Å². The summed E-state index contributed by atoms with van der Waals surface area (Å²) in [5.74, 6) is 1.86. The summed E-state index contributed by atoms with van der Waals surface area (Å²) in [5.41, 5.74) is 7.46. The minimum Gasteiger partial charge on any atom is -0.292 e. The molecular formula is C34H23N5. The molecule has 0 saturated carbocycles. The van der Waals surface area contributed by atoms with E-state index in [0.29, 0.717) is 17.5 Å². The second kappa shape index (κ2) is 9.15. The molecule has 0 atom stereocenters. The molecule has 0 spiro atoms. The number of fused-ring (bicyclic) bond motifs is 5. The molecule has 0 aliphatic carbocycles. The van der Waals surface area contributed by atoms with E-state index in [-0.39, 0.29) is 0 Å². The van der Waals surface area contributed by atoms with E-state index in [1.807, 2.05) is 91.0 Å². The smallest absolute Gasteiger partial charge is 0.164 e. The van der Waals surface area contributed by atoms with E-state index in [0.717, 1.165) is 55.4 Å². The number of nitrogens with zero attached hydrogens (tertiary/aromatic N) is 5. The molecule has 3 aromatic heterocycles. The van der Waals surface area contributed by atoms with Crippen LogP contribution in [0.5, 0.6) is 0 Å². The van der Waals surface area contributed by atoms with E-state index in [4.69, 9.17) is 19.9 Å². The molecule has 0 N–H and O–H groups in total. The van der Waals surface area contributed by atoms with Gasteiger partial charge in [0.15, 0.2) is 17.5 Å². The Hall–Kier alpha value is -5.42. The molecule has 7 aromatic rings. The van der Waals surface area contributed by atoms with E-state index in [2.05, 4.69) is 41.8 Å². The van der Waals surface area contributed by atoms with Crippen LogP contribution >= 0.6 is 0 Å². The van der Waals surface area contributed by atoms with Crippen LogP contribution in [-0.4, -0.2) is 24.3 Å². The molecule has 0 amide bonds. The first-order valence-corrected chi connectivity index (χ1v) is 12.7. The summed E-state index contributed by atoms with van der Waals surface area (Å²) in [6, 6.07) is 34.4. The SMILES string of the molecule is C=Cc1c(C=C)n2c3ccc(-c4nc(-c5ccccc5)nc(-c5ccccc5)n4)cc3nc2c2ccccc12. The van der Waals surface area contributed by atoms with Gasteiger partial charge in [0, 0.05) is 27.6 Å². The number of hydrogen-bond acceptors (Lipinski definition) is 4. The van der Waals surface area contributed by atoms with Crippen molar-refractivity contribution in [3.63, 3.8) is 0 Å². The maximum absolute atomic E-state index is 5.08. The van der Waals surface area contributed by atoms with Crippen molar-refractivity contribution in [3.05, 3.63) is 128 Å². The van der Waals surface area contributed by atoms with Gasteiger partial charge in [-0.15, -0.1) is 0 Å². The lowest BCUT2D eigenvalue weighted by Gasteiger charge is -2.11. The molecule has 0 bridgehead atoms. The summed E-state index contributed by atoms with van der Waals surface area (Å²) < 4.78 is 2.16. The Morgan fingerprint density at radius 2 is 1.10 bits per heavy atom. The van der Waals surface area contributed by atoms with Gasteiger partial charge in [-0.2, -0.15) is 0 Å². The fourth-order valence-electron chi connectivity index (χ4n) is 5.17. The molecular weight excluding hydrogens is 478 g/mol. The van der Waals surface area contributed by atoms with Crippen molar-refractivity contribution in [2.45, 2.75) is 0 Å². The van der Waals surface area contributed by atoms with E-state index < -0.39 is 0 Å². The van der Waals surface area contributed by atoms with Crippen molar-refractivity contribution in [2.24, 2.45) is 0 Å². The Kier molecular flexibility index (Phi) is 5.34. The second-order valence-corrected chi connectivity index (χ2v) is 9.27. The number of imidazole rings is 1. The summed E-state index contributed by atoms with van der Waals surface area (Å²) in [6.45, 7) is 8.18. The molecule has 0 saturated heterocycles. The average Bonchev–Trinajstić information content (AvgIpc) is 3.40. The molecule has 0 fully saturated rings. The minimum absolute atomic E-state index is 0.599. The lowest BCUT2D eigenvalue weighted by atomic mass is 10.0. The van der Waals surface area contributed by atoms with Crippen molar-refractivity contribution in [1.29, 1.82) is 0 Å².